The smallest absolute Gasteiger partial charge is 0.255 e. The second-order valence-corrected chi connectivity index (χ2v) is 6.35. The number of halogens is 2. The van der Waals surface area contributed by atoms with Crippen LogP contribution in [0, 0.1) is 0 Å². The summed E-state index contributed by atoms with van der Waals surface area (Å²) in [7, 11) is 0. The van der Waals surface area contributed by atoms with Gasteiger partial charge in [0.1, 0.15) is 5.75 Å². The van der Waals surface area contributed by atoms with Crippen LogP contribution in [0.2, 0.25) is 10.0 Å². The first kappa shape index (κ1) is 18.3. The summed E-state index contributed by atoms with van der Waals surface area (Å²) in [6.45, 7) is 2.91. The molecule has 0 saturated carbocycles. The minimum atomic E-state index is -0.219. The van der Waals surface area contributed by atoms with Crippen molar-refractivity contribution in [2.75, 3.05) is 11.9 Å². The molecule has 1 amide bonds. The van der Waals surface area contributed by atoms with Gasteiger partial charge in [0.05, 0.1) is 25.0 Å². The van der Waals surface area contributed by atoms with Gasteiger partial charge in [-0.15, -0.1) is 0 Å². The molecule has 26 heavy (non-hydrogen) atoms. The van der Waals surface area contributed by atoms with Crippen molar-refractivity contribution in [3.63, 3.8) is 0 Å². The Hall–Kier alpha value is -2.50. The van der Waals surface area contributed by atoms with Gasteiger partial charge in [0.2, 0.25) is 0 Å². The fraction of sp³-hybridized carbons (Fsp3) is 0.158. The predicted octanol–water partition coefficient (Wildman–Crippen LogP) is 4.89. The lowest BCUT2D eigenvalue weighted by atomic mass is 10.2. The SMILES string of the molecule is CCOc1ccc(C(=O)Nc2cnn(Cc3c(Cl)cccc3Cl)c2)cc1. The molecule has 2 aromatic carbocycles. The number of ether oxygens (including phenoxy) is 1. The van der Waals surface area contributed by atoms with Crippen LogP contribution in [0.4, 0.5) is 5.69 Å². The minimum Gasteiger partial charge on any atom is -0.494 e. The molecule has 1 heterocycles. The van der Waals surface area contributed by atoms with Gasteiger partial charge in [0.15, 0.2) is 0 Å². The largest absolute Gasteiger partial charge is 0.494 e. The van der Waals surface area contributed by atoms with E-state index in [1.807, 2.05) is 6.92 Å². The summed E-state index contributed by atoms with van der Waals surface area (Å²) in [5.41, 5.74) is 1.91. The zero-order valence-corrected chi connectivity index (χ0v) is 15.6. The third kappa shape index (κ3) is 4.36. The Balaban J connectivity index is 1.67. The van der Waals surface area contributed by atoms with E-state index in [9.17, 15) is 4.79 Å². The number of rotatable bonds is 6. The van der Waals surface area contributed by atoms with Crippen molar-refractivity contribution in [2.45, 2.75) is 13.5 Å². The van der Waals surface area contributed by atoms with Crippen LogP contribution in [0.1, 0.15) is 22.8 Å². The van der Waals surface area contributed by atoms with Crippen molar-refractivity contribution in [1.82, 2.24) is 9.78 Å². The van der Waals surface area contributed by atoms with E-state index in [1.165, 1.54) is 0 Å². The second-order valence-electron chi connectivity index (χ2n) is 5.54. The summed E-state index contributed by atoms with van der Waals surface area (Å²) >= 11 is 12.4. The number of nitrogens with one attached hydrogen (secondary N) is 1. The van der Waals surface area contributed by atoms with E-state index in [0.717, 1.165) is 11.3 Å². The van der Waals surface area contributed by atoms with Crippen LogP contribution in [0.25, 0.3) is 0 Å². The predicted molar refractivity (Wildman–Crippen MR) is 103 cm³/mol. The monoisotopic (exact) mass is 389 g/mol. The first-order chi connectivity index (χ1) is 12.6. The zero-order chi connectivity index (χ0) is 18.5. The number of hydrogen-bond acceptors (Lipinski definition) is 3. The topological polar surface area (TPSA) is 56.1 Å². The summed E-state index contributed by atoms with van der Waals surface area (Å²) in [5, 5.41) is 8.21. The Bertz CT molecular complexity index is 887. The average Bonchev–Trinajstić information content (AvgIpc) is 3.06. The van der Waals surface area contributed by atoms with Gasteiger partial charge in [-0.25, -0.2) is 0 Å². The summed E-state index contributed by atoms with van der Waals surface area (Å²) in [6, 6.07) is 12.3. The second kappa shape index (κ2) is 8.25. The number of aromatic nitrogens is 2. The van der Waals surface area contributed by atoms with Gasteiger partial charge in [-0.2, -0.15) is 5.10 Å². The Morgan fingerprint density at radius 3 is 2.50 bits per heavy atom. The Kier molecular flexibility index (Phi) is 5.81. The van der Waals surface area contributed by atoms with Gasteiger partial charge in [-0.3, -0.25) is 9.48 Å². The molecular weight excluding hydrogens is 373 g/mol. The van der Waals surface area contributed by atoms with Crippen molar-refractivity contribution in [2.24, 2.45) is 0 Å². The lowest BCUT2D eigenvalue weighted by molar-refractivity contribution is 0.102. The summed E-state index contributed by atoms with van der Waals surface area (Å²) in [6.07, 6.45) is 3.31. The van der Waals surface area contributed by atoms with Gasteiger partial charge in [0.25, 0.3) is 5.91 Å². The van der Waals surface area contributed by atoms with Crippen molar-refractivity contribution >= 4 is 34.8 Å². The molecule has 0 aliphatic heterocycles. The number of hydrogen-bond donors (Lipinski definition) is 1. The van der Waals surface area contributed by atoms with Crippen molar-refractivity contribution < 1.29 is 9.53 Å². The van der Waals surface area contributed by atoms with Crippen molar-refractivity contribution in [3.8, 4) is 5.75 Å². The van der Waals surface area contributed by atoms with Gasteiger partial charge >= 0.3 is 0 Å². The lowest BCUT2D eigenvalue weighted by Gasteiger charge is -2.07. The normalized spacial score (nSPS) is 10.6. The molecule has 0 spiro atoms. The molecule has 0 aliphatic rings. The van der Waals surface area contributed by atoms with Gasteiger partial charge in [-0.1, -0.05) is 29.3 Å². The number of benzene rings is 2. The van der Waals surface area contributed by atoms with E-state index in [2.05, 4.69) is 10.4 Å². The van der Waals surface area contributed by atoms with Crippen LogP contribution in [-0.2, 0) is 6.54 Å². The lowest BCUT2D eigenvalue weighted by Crippen LogP contribution is -2.11. The molecule has 3 aromatic rings. The number of amides is 1. The molecule has 3 rings (SSSR count). The minimum absolute atomic E-state index is 0.219. The number of carbonyl (C=O) groups is 1. The first-order valence-electron chi connectivity index (χ1n) is 8.06. The number of anilines is 1. The summed E-state index contributed by atoms with van der Waals surface area (Å²) in [4.78, 5) is 12.3. The van der Waals surface area contributed by atoms with E-state index in [0.29, 0.717) is 34.4 Å². The van der Waals surface area contributed by atoms with Crippen LogP contribution in [0.3, 0.4) is 0 Å². The van der Waals surface area contributed by atoms with E-state index in [1.54, 1.807) is 59.5 Å². The molecule has 1 N–H and O–H groups in total. The summed E-state index contributed by atoms with van der Waals surface area (Å²) < 4.78 is 7.04. The maximum Gasteiger partial charge on any atom is 0.255 e. The van der Waals surface area contributed by atoms with Crippen LogP contribution < -0.4 is 10.1 Å². The molecule has 0 aliphatic carbocycles. The average molecular weight is 390 g/mol. The molecule has 0 unspecified atom stereocenters. The third-order valence-corrected chi connectivity index (χ3v) is 4.41. The molecule has 0 bridgehead atoms. The highest BCUT2D eigenvalue weighted by Crippen LogP contribution is 2.25. The van der Waals surface area contributed by atoms with Crippen molar-refractivity contribution in [1.29, 1.82) is 0 Å². The molecule has 0 radical (unpaired) electrons. The zero-order valence-electron chi connectivity index (χ0n) is 14.1. The highest BCUT2D eigenvalue weighted by Gasteiger charge is 2.10. The maximum atomic E-state index is 12.3. The van der Waals surface area contributed by atoms with Gasteiger partial charge in [0, 0.05) is 27.4 Å². The number of nitrogens with zero attached hydrogens (tertiary/aromatic N) is 2. The van der Waals surface area contributed by atoms with E-state index < -0.39 is 0 Å². The quantitative estimate of drug-likeness (QED) is 0.652. The van der Waals surface area contributed by atoms with E-state index in [4.69, 9.17) is 27.9 Å². The molecule has 0 atom stereocenters. The molecule has 1 aromatic heterocycles. The third-order valence-electron chi connectivity index (χ3n) is 3.70. The Morgan fingerprint density at radius 2 is 1.85 bits per heavy atom. The van der Waals surface area contributed by atoms with Gasteiger partial charge < -0.3 is 10.1 Å². The van der Waals surface area contributed by atoms with Gasteiger partial charge in [-0.05, 0) is 43.3 Å². The van der Waals surface area contributed by atoms with E-state index in [-0.39, 0.29) is 5.91 Å². The van der Waals surface area contributed by atoms with Crippen molar-refractivity contribution in [3.05, 3.63) is 76.0 Å². The standard InChI is InChI=1S/C19H17Cl2N3O2/c1-2-26-15-8-6-13(7-9-15)19(25)23-14-10-22-24(11-14)12-16-17(20)4-3-5-18(16)21/h3-11H,2,12H2,1H3,(H,23,25). The van der Waals surface area contributed by atoms with Crippen LogP contribution in [0.15, 0.2) is 54.9 Å². The van der Waals surface area contributed by atoms with Crippen LogP contribution in [0.5, 0.6) is 5.75 Å². The fourth-order valence-corrected chi connectivity index (χ4v) is 2.95. The Morgan fingerprint density at radius 1 is 1.15 bits per heavy atom. The molecular formula is C19H17Cl2N3O2. The highest BCUT2D eigenvalue weighted by atomic mass is 35.5. The molecule has 7 heteroatoms. The van der Waals surface area contributed by atoms with Crippen LogP contribution in [-0.4, -0.2) is 22.3 Å². The first-order valence-corrected chi connectivity index (χ1v) is 8.82. The molecule has 0 saturated heterocycles. The Labute approximate surface area is 161 Å². The van der Waals surface area contributed by atoms with E-state index >= 15 is 0 Å². The molecule has 134 valence electrons. The molecule has 0 fully saturated rings. The molecule has 5 nitrogen and oxygen atoms in total. The summed E-state index contributed by atoms with van der Waals surface area (Å²) in [5.74, 6) is 0.511. The fourth-order valence-electron chi connectivity index (χ4n) is 2.43. The number of carbonyl (C=O) groups excluding carboxylic acids is 1. The highest BCUT2D eigenvalue weighted by molar-refractivity contribution is 6.35. The maximum absolute atomic E-state index is 12.3. The van der Waals surface area contributed by atoms with Crippen LogP contribution >= 0.6 is 23.2 Å².